The summed E-state index contributed by atoms with van der Waals surface area (Å²) in [4.78, 5) is 2.53. The maximum Gasteiger partial charge on any atom is 0.142 e. The molecule has 4 heteroatoms. The molecule has 1 aromatic rings. The fraction of sp³-hybridized carbons (Fsp3) is 0.625. The van der Waals surface area contributed by atoms with E-state index in [1.807, 2.05) is 13.1 Å². The highest BCUT2D eigenvalue weighted by molar-refractivity contribution is 6.30. The van der Waals surface area contributed by atoms with Crippen LogP contribution in [0, 0.1) is 5.82 Å². The largest absolute Gasteiger partial charge is 0.315 e. The second-order valence-electron chi connectivity index (χ2n) is 6.14. The van der Waals surface area contributed by atoms with E-state index < -0.39 is 0 Å². The smallest absolute Gasteiger partial charge is 0.142 e. The van der Waals surface area contributed by atoms with Crippen molar-refractivity contribution in [2.24, 2.45) is 0 Å². The summed E-state index contributed by atoms with van der Waals surface area (Å²) in [5, 5.41) is 3.59. The van der Waals surface area contributed by atoms with Crippen molar-refractivity contribution in [3.8, 4) is 0 Å². The third-order valence-corrected chi connectivity index (χ3v) is 4.85. The van der Waals surface area contributed by atoms with Crippen LogP contribution < -0.4 is 5.32 Å². The minimum absolute atomic E-state index is 0.0569. The van der Waals surface area contributed by atoms with Gasteiger partial charge in [0.05, 0.1) is 5.02 Å². The molecule has 1 aliphatic heterocycles. The van der Waals surface area contributed by atoms with Gasteiger partial charge in [-0.05, 0) is 70.9 Å². The van der Waals surface area contributed by atoms with Gasteiger partial charge in [0, 0.05) is 11.6 Å². The van der Waals surface area contributed by atoms with Gasteiger partial charge in [0.2, 0.25) is 0 Å². The topological polar surface area (TPSA) is 15.3 Å². The van der Waals surface area contributed by atoms with Gasteiger partial charge in [-0.3, -0.25) is 4.90 Å². The maximum atomic E-state index is 13.6. The van der Waals surface area contributed by atoms with E-state index in [1.54, 1.807) is 12.1 Å². The highest BCUT2D eigenvalue weighted by Gasteiger charge is 2.35. The van der Waals surface area contributed by atoms with Crippen LogP contribution in [-0.2, 0) is 6.42 Å². The summed E-state index contributed by atoms with van der Waals surface area (Å²) in [6, 6.07) is 5.38. The molecule has 2 rings (SSSR count). The summed E-state index contributed by atoms with van der Waals surface area (Å²) in [6.45, 7) is 6.85. The summed E-state index contributed by atoms with van der Waals surface area (Å²) in [6.07, 6.45) is 3.35. The zero-order valence-corrected chi connectivity index (χ0v) is 13.3. The van der Waals surface area contributed by atoms with Gasteiger partial charge in [-0.1, -0.05) is 17.7 Å². The Bertz CT molecular complexity index is 456. The first-order chi connectivity index (χ1) is 9.45. The zero-order chi connectivity index (χ0) is 14.8. The first-order valence-electron chi connectivity index (χ1n) is 7.31. The molecule has 1 N–H and O–H groups in total. The Morgan fingerprint density at radius 2 is 2.00 bits per heavy atom. The lowest BCUT2D eigenvalue weighted by molar-refractivity contribution is 0.110. The van der Waals surface area contributed by atoms with Crippen molar-refractivity contribution in [1.82, 2.24) is 10.2 Å². The Balaban J connectivity index is 2.13. The number of halogens is 2. The van der Waals surface area contributed by atoms with Crippen molar-refractivity contribution in [3.05, 3.63) is 34.6 Å². The van der Waals surface area contributed by atoms with Crippen LogP contribution in [-0.4, -0.2) is 36.6 Å². The van der Waals surface area contributed by atoms with E-state index in [1.165, 1.54) is 12.8 Å². The Labute approximate surface area is 126 Å². The molecule has 1 heterocycles. The van der Waals surface area contributed by atoms with Crippen LogP contribution in [0.3, 0.4) is 0 Å². The monoisotopic (exact) mass is 298 g/mol. The molecule has 0 radical (unpaired) electrons. The molecule has 1 aromatic carbocycles. The van der Waals surface area contributed by atoms with Crippen LogP contribution >= 0.6 is 11.6 Å². The standard InChI is InChI=1S/C16H24ClFN2/c1-16(2,20-8-4-5-9-20)15(19-3)11-12-6-7-13(17)14(18)10-12/h6-7,10,15,19H,4-5,8-9,11H2,1-3H3. The molecule has 0 spiro atoms. The highest BCUT2D eigenvalue weighted by atomic mass is 35.5. The predicted molar refractivity (Wildman–Crippen MR) is 82.8 cm³/mol. The molecule has 0 aliphatic carbocycles. The molecular formula is C16H24ClFN2. The molecule has 112 valence electrons. The Morgan fingerprint density at radius 3 is 2.55 bits per heavy atom. The van der Waals surface area contributed by atoms with Gasteiger partial charge in [-0.15, -0.1) is 0 Å². The quantitative estimate of drug-likeness (QED) is 0.895. The predicted octanol–water partition coefficient (Wildman–Crippen LogP) is 3.48. The fourth-order valence-electron chi connectivity index (χ4n) is 3.12. The van der Waals surface area contributed by atoms with E-state index in [4.69, 9.17) is 11.6 Å². The maximum absolute atomic E-state index is 13.6. The van der Waals surface area contributed by atoms with Gasteiger partial charge in [0.1, 0.15) is 5.82 Å². The lowest BCUT2D eigenvalue weighted by Crippen LogP contribution is -2.57. The lowest BCUT2D eigenvalue weighted by atomic mass is 9.87. The summed E-state index contributed by atoms with van der Waals surface area (Å²) in [7, 11) is 1.98. The molecule has 0 aromatic heterocycles. The van der Waals surface area contributed by atoms with Crippen molar-refractivity contribution < 1.29 is 4.39 Å². The van der Waals surface area contributed by atoms with Crippen LogP contribution in [0.2, 0.25) is 5.02 Å². The number of hydrogen-bond donors (Lipinski definition) is 1. The van der Waals surface area contributed by atoms with Gasteiger partial charge < -0.3 is 5.32 Å². The van der Waals surface area contributed by atoms with Crippen LogP contribution in [0.5, 0.6) is 0 Å². The SMILES string of the molecule is CNC(Cc1ccc(Cl)c(F)c1)C(C)(C)N1CCCC1. The van der Waals surface area contributed by atoms with Gasteiger partial charge in [0.25, 0.3) is 0 Å². The van der Waals surface area contributed by atoms with Gasteiger partial charge >= 0.3 is 0 Å². The summed E-state index contributed by atoms with van der Waals surface area (Å²) in [5.74, 6) is -0.335. The van der Waals surface area contributed by atoms with Gasteiger partial charge in [-0.2, -0.15) is 0 Å². The lowest BCUT2D eigenvalue weighted by Gasteiger charge is -2.42. The molecule has 2 nitrogen and oxygen atoms in total. The molecular weight excluding hydrogens is 275 g/mol. The minimum Gasteiger partial charge on any atom is -0.315 e. The molecule has 0 bridgehead atoms. The second-order valence-corrected chi connectivity index (χ2v) is 6.55. The normalized spacial score (nSPS) is 18.4. The number of rotatable bonds is 5. The molecule has 0 saturated carbocycles. The Kier molecular flexibility index (Phi) is 5.05. The van der Waals surface area contributed by atoms with Gasteiger partial charge in [0.15, 0.2) is 0 Å². The van der Waals surface area contributed by atoms with Crippen molar-refractivity contribution in [2.45, 2.75) is 44.7 Å². The van der Waals surface area contributed by atoms with Crippen molar-refractivity contribution in [3.63, 3.8) is 0 Å². The number of hydrogen-bond acceptors (Lipinski definition) is 2. The molecule has 1 fully saturated rings. The number of likely N-dealkylation sites (N-methyl/N-ethyl adjacent to an activating group) is 1. The van der Waals surface area contributed by atoms with E-state index in [2.05, 4.69) is 24.1 Å². The van der Waals surface area contributed by atoms with Crippen LogP contribution in [0.1, 0.15) is 32.3 Å². The first-order valence-corrected chi connectivity index (χ1v) is 7.69. The average molecular weight is 299 g/mol. The van der Waals surface area contributed by atoms with E-state index >= 15 is 0 Å². The summed E-state index contributed by atoms with van der Waals surface area (Å²) >= 11 is 5.75. The zero-order valence-electron chi connectivity index (χ0n) is 12.5. The van der Waals surface area contributed by atoms with Crippen molar-refractivity contribution in [2.75, 3.05) is 20.1 Å². The summed E-state index contributed by atoms with van der Waals surface area (Å²) < 4.78 is 13.6. The third-order valence-electron chi connectivity index (χ3n) is 4.55. The van der Waals surface area contributed by atoms with Crippen LogP contribution in [0.25, 0.3) is 0 Å². The number of nitrogens with one attached hydrogen (secondary N) is 1. The van der Waals surface area contributed by atoms with Crippen molar-refractivity contribution >= 4 is 11.6 Å². The van der Waals surface area contributed by atoms with E-state index in [0.29, 0.717) is 0 Å². The van der Waals surface area contributed by atoms with Crippen molar-refractivity contribution in [1.29, 1.82) is 0 Å². The van der Waals surface area contributed by atoms with E-state index in [0.717, 1.165) is 25.1 Å². The summed E-state index contributed by atoms with van der Waals surface area (Å²) in [5.41, 5.74) is 1.04. The molecule has 20 heavy (non-hydrogen) atoms. The molecule has 1 aliphatic rings. The second kappa shape index (κ2) is 6.42. The highest BCUT2D eigenvalue weighted by Crippen LogP contribution is 2.27. The van der Waals surface area contributed by atoms with Crippen LogP contribution in [0.4, 0.5) is 4.39 Å². The van der Waals surface area contributed by atoms with Gasteiger partial charge in [-0.25, -0.2) is 4.39 Å². The van der Waals surface area contributed by atoms with Crippen LogP contribution in [0.15, 0.2) is 18.2 Å². The Hall–Kier alpha value is -0.640. The first kappa shape index (κ1) is 15.7. The Morgan fingerprint density at radius 1 is 1.35 bits per heavy atom. The minimum atomic E-state index is -0.335. The molecule has 1 atom stereocenters. The third kappa shape index (κ3) is 3.33. The number of benzene rings is 1. The number of nitrogens with zero attached hydrogens (tertiary/aromatic N) is 1. The molecule has 0 amide bonds. The fourth-order valence-corrected chi connectivity index (χ4v) is 3.24. The number of likely N-dealkylation sites (tertiary alicyclic amines) is 1. The van der Waals surface area contributed by atoms with E-state index in [9.17, 15) is 4.39 Å². The average Bonchev–Trinajstić information content (AvgIpc) is 2.94. The molecule has 1 saturated heterocycles. The van der Waals surface area contributed by atoms with E-state index in [-0.39, 0.29) is 22.4 Å². The molecule has 1 unspecified atom stereocenters.